The van der Waals surface area contributed by atoms with Crippen LogP contribution in [0.3, 0.4) is 0 Å². The molecule has 1 amide bonds. The smallest absolute Gasteiger partial charge is 0.253 e. The lowest BCUT2D eigenvalue weighted by atomic mass is 10.2. The van der Waals surface area contributed by atoms with Crippen LogP contribution < -0.4 is 15.5 Å². The highest BCUT2D eigenvalue weighted by Crippen LogP contribution is 2.25. The lowest BCUT2D eigenvalue weighted by Crippen LogP contribution is -2.49. The minimum atomic E-state index is -0.0639. The molecule has 0 saturated carbocycles. The van der Waals surface area contributed by atoms with Crippen LogP contribution in [0.15, 0.2) is 24.3 Å². The number of anilines is 2. The molecule has 2 heterocycles. The second kappa shape index (κ2) is 5.81. The van der Waals surface area contributed by atoms with E-state index in [1.807, 2.05) is 12.1 Å². The first-order chi connectivity index (χ1) is 9.78. The first-order valence-electron chi connectivity index (χ1n) is 7.25. The predicted molar refractivity (Wildman–Crippen MR) is 79.0 cm³/mol. The number of amides is 1. The molecule has 5 nitrogen and oxygen atoms in total. The number of carbonyl (C=O) groups excluding carboxylic acids is 1. The van der Waals surface area contributed by atoms with E-state index in [2.05, 4.69) is 17.0 Å². The standard InChI is InChI=1S/C15H21N3O2/c16-9-14-10-18(15(19)11-20-14)13-5-3-12(4-6-13)17-7-1-2-8-17/h3-6,14H,1-2,7-11,16H2. The molecule has 20 heavy (non-hydrogen) atoms. The molecule has 3 rings (SSSR count). The van der Waals surface area contributed by atoms with Gasteiger partial charge in [0.2, 0.25) is 0 Å². The third kappa shape index (κ3) is 2.64. The Morgan fingerprint density at radius 1 is 1.15 bits per heavy atom. The Hall–Kier alpha value is -1.59. The zero-order chi connectivity index (χ0) is 13.9. The van der Waals surface area contributed by atoms with Crippen molar-refractivity contribution in [3.05, 3.63) is 24.3 Å². The van der Waals surface area contributed by atoms with Crippen molar-refractivity contribution < 1.29 is 9.53 Å². The van der Waals surface area contributed by atoms with E-state index in [0.717, 1.165) is 18.8 Å². The van der Waals surface area contributed by atoms with Crippen LogP contribution in [-0.2, 0) is 9.53 Å². The molecular weight excluding hydrogens is 254 g/mol. The molecule has 0 aliphatic carbocycles. The van der Waals surface area contributed by atoms with Crippen LogP contribution in [0.5, 0.6) is 0 Å². The number of carbonyl (C=O) groups is 1. The molecule has 2 saturated heterocycles. The van der Waals surface area contributed by atoms with Crippen molar-refractivity contribution in [2.24, 2.45) is 5.73 Å². The highest BCUT2D eigenvalue weighted by molar-refractivity contribution is 5.95. The van der Waals surface area contributed by atoms with Gasteiger partial charge in [0.05, 0.1) is 12.6 Å². The maximum atomic E-state index is 11.9. The number of nitrogens with two attached hydrogens (primary N) is 1. The van der Waals surface area contributed by atoms with Gasteiger partial charge < -0.3 is 20.3 Å². The third-order valence-corrected chi connectivity index (χ3v) is 4.03. The largest absolute Gasteiger partial charge is 0.372 e. The van der Waals surface area contributed by atoms with Crippen molar-refractivity contribution in [2.75, 3.05) is 42.6 Å². The quantitative estimate of drug-likeness (QED) is 0.893. The Morgan fingerprint density at radius 2 is 1.80 bits per heavy atom. The van der Waals surface area contributed by atoms with Crippen LogP contribution in [0.25, 0.3) is 0 Å². The van der Waals surface area contributed by atoms with Gasteiger partial charge in [-0.15, -0.1) is 0 Å². The summed E-state index contributed by atoms with van der Waals surface area (Å²) in [4.78, 5) is 16.1. The van der Waals surface area contributed by atoms with Gasteiger partial charge in [-0.05, 0) is 37.1 Å². The molecule has 0 bridgehead atoms. The first kappa shape index (κ1) is 13.4. The summed E-state index contributed by atoms with van der Waals surface area (Å²) in [6, 6.07) is 8.23. The Bertz CT molecular complexity index is 469. The summed E-state index contributed by atoms with van der Waals surface area (Å²) in [7, 11) is 0. The number of benzene rings is 1. The normalized spacial score (nSPS) is 23.4. The van der Waals surface area contributed by atoms with Crippen LogP contribution in [0, 0.1) is 0 Å². The van der Waals surface area contributed by atoms with Crippen LogP contribution in [-0.4, -0.2) is 44.8 Å². The molecule has 2 aliphatic rings. The van der Waals surface area contributed by atoms with E-state index in [1.165, 1.54) is 18.5 Å². The van der Waals surface area contributed by atoms with Gasteiger partial charge in [-0.1, -0.05) is 0 Å². The summed E-state index contributed by atoms with van der Waals surface area (Å²) in [5, 5.41) is 0. The molecule has 5 heteroatoms. The zero-order valence-corrected chi connectivity index (χ0v) is 11.6. The van der Waals surface area contributed by atoms with E-state index < -0.39 is 0 Å². The van der Waals surface area contributed by atoms with Gasteiger partial charge in [0.15, 0.2) is 0 Å². The fraction of sp³-hybridized carbons (Fsp3) is 0.533. The minimum absolute atomic E-state index is 0.00335. The number of ether oxygens (including phenoxy) is 1. The number of hydrogen-bond acceptors (Lipinski definition) is 4. The van der Waals surface area contributed by atoms with E-state index in [0.29, 0.717) is 13.1 Å². The molecule has 0 spiro atoms. The highest BCUT2D eigenvalue weighted by atomic mass is 16.5. The van der Waals surface area contributed by atoms with Crippen LogP contribution >= 0.6 is 0 Å². The van der Waals surface area contributed by atoms with E-state index in [1.54, 1.807) is 4.90 Å². The van der Waals surface area contributed by atoms with E-state index in [9.17, 15) is 4.79 Å². The fourth-order valence-corrected chi connectivity index (χ4v) is 2.84. The lowest BCUT2D eigenvalue weighted by molar-refractivity contribution is -0.128. The van der Waals surface area contributed by atoms with E-state index >= 15 is 0 Å². The summed E-state index contributed by atoms with van der Waals surface area (Å²) in [6.07, 6.45) is 2.47. The summed E-state index contributed by atoms with van der Waals surface area (Å²) in [6.45, 7) is 3.36. The summed E-state index contributed by atoms with van der Waals surface area (Å²) >= 11 is 0. The number of nitrogens with zero attached hydrogens (tertiary/aromatic N) is 2. The van der Waals surface area contributed by atoms with Crippen molar-refractivity contribution in [1.82, 2.24) is 0 Å². The molecule has 2 N–H and O–H groups in total. The number of rotatable bonds is 3. The van der Waals surface area contributed by atoms with Gasteiger partial charge in [-0.2, -0.15) is 0 Å². The summed E-state index contributed by atoms with van der Waals surface area (Å²) in [5.74, 6) is 0.00335. The molecule has 2 fully saturated rings. The van der Waals surface area contributed by atoms with E-state index in [-0.39, 0.29) is 18.6 Å². The Labute approximate surface area is 119 Å². The van der Waals surface area contributed by atoms with Crippen molar-refractivity contribution in [3.8, 4) is 0 Å². The zero-order valence-electron chi connectivity index (χ0n) is 11.6. The SMILES string of the molecule is NCC1CN(c2ccc(N3CCCC3)cc2)C(=O)CO1. The average molecular weight is 275 g/mol. The predicted octanol–water partition coefficient (Wildman–Crippen LogP) is 0.977. The number of hydrogen-bond donors (Lipinski definition) is 1. The Morgan fingerprint density at radius 3 is 2.45 bits per heavy atom. The summed E-state index contributed by atoms with van der Waals surface area (Å²) < 4.78 is 5.37. The second-order valence-electron chi connectivity index (χ2n) is 5.38. The van der Waals surface area contributed by atoms with Gasteiger partial charge in [0, 0.05) is 31.0 Å². The Kier molecular flexibility index (Phi) is 3.89. The maximum absolute atomic E-state index is 11.9. The Balaban J connectivity index is 1.74. The fourth-order valence-electron chi connectivity index (χ4n) is 2.84. The van der Waals surface area contributed by atoms with Gasteiger partial charge in [-0.25, -0.2) is 0 Å². The van der Waals surface area contributed by atoms with Crippen LogP contribution in [0.2, 0.25) is 0 Å². The molecule has 1 aromatic carbocycles. The van der Waals surface area contributed by atoms with Gasteiger partial charge in [0.1, 0.15) is 6.61 Å². The molecule has 2 aliphatic heterocycles. The first-order valence-corrected chi connectivity index (χ1v) is 7.25. The van der Waals surface area contributed by atoms with Crippen molar-refractivity contribution in [1.29, 1.82) is 0 Å². The molecule has 108 valence electrons. The van der Waals surface area contributed by atoms with Gasteiger partial charge >= 0.3 is 0 Å². The third-order valence-electron chi connectivity index (χ3n) is 4.03. The van der Waals surface area contributed by atoms with Gasteiger partial charge in [-0.3, -0.25) is 4.79 Å². The molecule has 1 atom stereocenters. The van der Waals surface area contributed by atoms with Crippen molar-refractivity contribution in [2.45, 2.75) is 18.9 Å². The van der Waals surface area contributed by atoms with Crippen LogP contribution in [0.1, 0.15) is 12.8 Å². The molecule has 1 unspecified atom stereocenters. The average Bonchev–Trinajstić information content (AvgIpc) is 3.02. The lowest BCUT2D eigenvalue weighted by Gasteiger charge is -2.32. The van der Waals surface area contributed by atoms with E-state index in [4.69, 9.17) is 10.5 Å². The minimum Gasteiger partial charge on any atom is -0.372 e. The van der Waals surface area contributed by atoms with Crippen molar-refractivity contribution in [3.63, 3.8) is 0 Å². The monoisotopic (exact) mass is 275 g/mol. The van der Waals surface area contributed by atoms with Crippen molar-refractivity contribution >= 4 is 17.3 Å². The topological polar surface area (TPSA) is 58.8 Å². The maximum Gasteiger partial charge on any atom is 0.253 e. The molecule has 0 aromatic heterocycles. The molecule has 1 aromatic rings. The van der Waals surface area contributed by atoms with Gasteiger partial charge in [0.25, 0.3) is 5.91 Å². The molecule has 0 radical (unpaired) electrons. The molecular formula is C15H21N3O2. The summed E-state index contributed by atoms with van der Waals surface area (Å²) in [5.41, 5.74) is 7.79. The number of morpholine rings is 1. The van der Waals surface area contributed by atoms with Crippen LogP contribution in [0.4, 0.5) is 11.4 Å². The highest BCUT2D eigenvalue weighted by Gasteiger charge is 2.26. The second-order valence-corrected chi connectivity index (χ2v) is 5.38.